The summed E-state index contributed by atoms with van der Waals surface area (Å²) in [4.78, 5) is 40.0. The molecule has 42 heavy (non-hydrogen) atoms. The Balaban J connectivity index is 2.23. The Morgan fingerprint density at radius 3 is 1.86 bits per heavy atom. The fourth-order valence-corrected chi connectivity index (χ4v) is 6.18. The van der Waals surface area contributed by atoms with E-state index >= 15 is 0 Å². The number of carbonyl (C=O) groups excluding carboxylic acids is 2. The molecule has 0 bridgehead atoms. The van der Waals surface area contributed by atoms with E-state index < -0.39 is 39.7 Å². The van der Waals surface area contributed by atoms with Crippen LogP contribution in [0.3, 0.4) is 0 Å². The number of amides is 2. The van der Waals surface area contributed by atoms with Crippen molar-refractivity contribution in [3.63, 3.8) is 0 Å². The molecule has 230 valence electrons. The van der Waals surface area contributed by atoms with Crippen molar-refractivity contribution in [1.82, 2.24) is 10.6 Å². The SMILES string of the molecule is CC(C)(C)CC(C)(C)NC(=O)C1(C(=O)NC(C)(C)CC(C)(C)C)OC(c2cc([N+](=O)[O-])ccc2O)Oc2ccccc21. The van der Waals surface area contributed by atoms with E-state index in [9.17, 15) is 24.8 Å². The molecule has 0 saturated heterocycles. The number of hydrogen-bond donors (Lipinski definition) is 3. The topological polar surface area (TPSA) is 140 Å². The highest BCUT2D eigenvalue weighted by atomic mass is 16.7. The zero-order valence-electron chi connectivity index (χ0n) is 26.4. The first-order valence-electron chi connectivity index (χ1n) is 14.1. The number of non-ortho nitro benzene ring substituents is 1. The van der Waals surface area contributed by atoms with Crippen molar-refractivity contribution in [3.05, 3.63) is 63.7 Å². The number of phenolic OH excluding ortho intramolecular Hbond substituents is 1. The highest BCUT2D eigenvalue weighted by Gasteiger charge is 2.57. The van der Waals surface area contributed by atoms with E-state index in [4.69, 9.17) is 9.47 Å². The van der Waals surface area contributed by atoms with Crippen LogP contribution in [0.5, 0.6) is 11.5 Å². The highest BCUT2D eigenvalue weighted by Crippen LogP contribution is 2.47. The van der Waals surface area contributed by atoms with Gasteiger partial charge >= 0.3 is 0 Å². The van der Waals surface area contributed by atoms with Crippen LogP contribution in [-0.2, 0) is 19.9 Å². The summed E-state index contributed by atoms with van der Waals surface area (Å²) in [7, 11) is 0. The van der Waals surface area contributed by atoms with Crippen molar-refractivity contribution < 1.29 is 29.1 Å². The van der Waals surface area contributed by atoms with Crippen molar-refractivity contribution in [1.29, 1.82) is 0 Å². The maximum absolute atomic E-state index is 14.5. The number of nitrogens with zero attached hydrogens (tertiary/aromatic N) is 1. The number of aromatic hydroxyl groups is 1. The lowest BCUT2D eigenvalue weighted by atomic mass is 9.79. The summed E-state index contributed by atoms with van der Waals surface area (Å²) < 4.78 is 12.4. The van der Waals surface area contributed by atoms with Crippen LogP contribution in [0, 0.1) is 20.9 Å². The minimum atomic E-state index is -2.26. The second-order valence-corrected chi connectivity index (χ2v) is 14.9. The van der Waals surface area contributed by atoms with E-state index in [-0.39, 0.29) is 39.1 Å². The van der Waals surface area contributed by atoms with Gasteiger partial charge in [-0.2, -0.15) is 0 Å². The maximum atomic E-state index is 14.5. The van der Waals surface area contributed by atoms with Gasteiger partial charge in [-0.3, -0.25) is 19.7 Å². The molecule has 3 rings (SSSR count). The lowest BCUT2D eigenvalue weighted by Gasteiger charge is -2.44. The normalized spacial score (nSPS) is 17.0. The van der Waals surface area contributed by atoms with Gasteiger partial charge in [-0.05, 0) is 63.5 Å². The average Bonchev–Trinajstić information content (AvgIpc) is 2.79. The maximum Gasteiger partial charge on any atom is 0.270 e. The summed E-state index contributed by atoms with van der Waals surface area (Å²) in [6, 6.07) is 9.95. The fraction of sp³-hybridized carbons (Fsp3) is 0.562. The van der Waals surface area contributed by atoms with Gasteiger partial charge in [-0.25, -0.2) is 0 Å². The number of carbonyl (C=O) groups is 2. The molecule has 1 aliphatic heterocycles. The van der Waals surface area contributed by atoms with E-state index in [2.05, 4.69) is 52.2 Å². The Kier molecular flexibility index (Phi) is 8.76. The van der Waals surface area contributed by atoms with Crippen LogP contribution in [0.4, 0.5) is 5.69 Å². The van der Waals surface area contributed by atoms with Crippen molar-refractivity contribution in [3.8, 4) is 11.5 Å². The summed E-state index contributed by atoms with van der Waals surface area (Å²) in [6.45, 7) is 19.8. The molecule has 10 heteroatoms. The van der Waals surface area contributed by atoms with Gasteiger partial charge in [0.05, 0.1) is 10.5 Å². The van der Waals surface area contributed by atoms with E-state index in [1.54, 1.807) is 24.3 Å². The predicted octanol–water partition coefficient (Wildman–Crippen LogP) is 6.27. The zero-order valence-corrected chi connectivity index (χ0v) is 26.4. The number of phenols is 1. The Morgan fingerprint density at radius 1 is 0.881 bits per heavy atom. The first-order chi connectivity index (χ1) is 19.1. The van der Waals surface area contributed by atoms with E-state index in [1.165, 1.54) is 0 Å². The first kappa shape index (κ1) is 32.8. The summed E-state index contributed by atoms with van der Waals surface area (Å²) >= 11 is 0. The van der Waals surface area contributed by atoms with Crippen LogP contribution in [0.25, 0.3) is 0 Å². The minimum absolute atomic E-state index is 0.0911. The van der Waals surface area contributed by atoms with Gasteiger partial charge in [0.25, 0.3) is 23.1 Å². The zero-order chi connectivity index (χ0) is 31.9. The Bertz CT molecular complexity index is 1310. The number of fused-ring (bicyclic) bond motifs is 1. The van der Waals surface area contributed by atoms with Crippen molar-refractivity contribution >= 4 is 17.5 Å². The molecule has 0 aromatic heterocycles. The molecule has 2 amide bonds. The van der Waals surface area contributed by atoms with Gasteiger partial charge in [0, 0.05) is 28.8 Å². The molecule has 3 N–H and O–H groups in total. The molecule has 0 radical (unpaired) electrons. The number of nitro benzene ring substituents is 1. The average molecular weight is 584 g/mol. The van der Waals surface area contributed by atoms with Gasteiger partial charge in [0.2, 0.25) is 6.29 Å². The van der Waals surface area contributed by atoms with Crippen LogP contribution in [0.1, 0.15) is 99.5 Å². The second kappa shape index (κ2) is 11.2. The van der Waals surface area contributed by atoms with Crippen LogP contribution in [0.15, 0.2) is 42.5 Å². The quantitative estimate of drug-likeness (QED) is 0.189. The molecular weight excluding hydrogens is 538 g/mol. The summed E-state index contributed by atoms with van der Waals surface area (Å²) in [6.07, 6.45) is -0.342. The molecule has 10 nitrogen and oxygen atoms in total. The highest BCUT2D eigenvalue weighted by molar-refractivity contribution is 6.10. The van der Waals surface area contributed by atoms with Crippen LogP contribution in [0.2, 0.25) is 0 Å². The smallest absolute Gasteiger partial charge is 0.270 e. The third kappa shape index (κ3) is 7.59. The summed E-state index contributed by atoms with van der Waals surface area (Å²) in [5, 5.41) is 28.3. The molecule has 0 spiro atoms. The van der Waals surface area contributed by atoms with E-state index in [0.29, 0.717) is 12.8 Å². The molecule has 2 aromatic carbocycles. The third-order valence-electron chi connectivity index (χ3n) is 6.75. The van der Waals surface area contributed by atoms with E-state index in [0.717, 1.165) is 18.2 Å². The molecule has 1 heterocycles. The van der Waals surface area contributed by atoms with Crippen molar-refractivity contribution in [2.75, 3.05) is 0 Å². The van der Waals surface area contributed by atoms with Gasteiger partial charge in [-0.15, -0.1) is 0 Å². The Hall–Kier alpha value is -3.66. The van der Waals surface area contributed by atoms with Crippen LogP contribution >= 0.6 is 0 Å². The Labute approximate surface area is 248 Å². The van der Waals surface area contributed by atoms with Crippen LogP contribution < -0.4 is 15.4 Å². The Morgan fingerprint density at radius 2 is 1.38 bits per heavy atom. The summed E-state index contributed by atoms with van der Waals surface area (Å²) in [5.74, 6) is -1.61. The van der Waals surface area contributed by atoms with Crippen LogP contribution in [-0.4, -0.2) is 32.9 Å². The van der Waals surface area contributed by atoms with E-state index in [1.807, 2.05) is 27.7 Å². The van der Waals surface area contributed by atoms with Gasteiger partial charge in [0.15, 0.2) is 0 Å². The molecule has 0 fully saturated rings. The van der Waals surface area contributed by atoms with Gasteiger partial charge < -0.3 is 25.2 Å². The lowest BCUT2D eigenvalue weighted by Crippen LogP contribution is -2.64. The van der Waals surface area contributed by atoms with Crippen molar-refractivity contribution in [2.45, 2.75) is 105 Å². The number of rotatable bonds is 8. The summed E-state index contributed by atoms with van der Waals surface area (Å²) in [5.41, 5.74) is -4.27. The van der Waals surface area contributed by atoms with Crippen molar-refractivity contribution in [2.24, 2.45) is 10.8 Å². The molecule has 0 saturated carbocycles. The molecule has 0 aliphatic carbocycles. The number of benzene rings is 2. The molecular formula is C32H45N3O7. The largest absolute Gasteiger partial charge is 0.507 e. The number of para-hydroxylation sites is 1. The fourth-order valence-electron chi connectivity index (χ4n) is 6.18. The first-order valence-corrected chi connectivity index (χ1v) is 14.1. The number of nitro groups is 1. The molecule has 1 unspecified atom stereocenters. The lowest BCUT2D eigenvalue weighted by molar-refractivity contribution is -0.385. The standard InChI is InChI=1S/C32H45N3O7/c1-28(2,3)18-30(7,8)33-26(37)32(27(38)34-31(9,10)19-29(4,5)6)22-13-11-12-14-24(22)41-25(42-32)21-17-20(35(39)40)15-16-23(21)36/h11-17,25,36H,18-19H2,1-10H3,(H,33,37)(H,34,38). The number of nitrogens with one attached hydrogen (secondary N) is 2. The predicted molar refractivity (Wildman–Crippen MR) is 160 cm³/mol. The third-order valence-corrected chi connectivity index (χ3v) is 6.75. The molecule has 1 aliphatic rings. The monoisotopic (exact) mass is 583 g/mol. The second-order valence-electron chi connectivity index (χ2n) is 14.9. The number of hydrogen-bond acceptors (Lipinski definition) is 7. The minimum Gasteiger partial charge on any atom is -0.507 e. The van der Waals surface area contributed by atoms with Gasteiger partial charge in [0.1, 0.15) is 11.5 Å². The molecule has 2 aromatic rings. The number of ether oxygens (including phenoxy) is 2. The molecule has 1 atom stereocenters. The van der Waals surface area contributed by atoms with Gasteiger partial charge in [-0.1, -0.05) is 59.7 Å².